The lowest BCUT2D eigenvalue weighted by Crippen LogP contribution is -2.30. The highest BCUT2D eigenvalue weighted by Crippen LogP contribution is 2.27. The summed E-state index contributed by atoms with van der Waals surface area (Å²) in [4.78, 5) is 19.1. The summed E-state index contributed by atoms with van der Waals surface area (Å²) in [5.74, 6) is 0.655. The van der Waals surface area contributed by atoms with Crippen molar-refractivity contribution in [1.82, 2.24) is 24.8 Å². The second-order valence-corrected chi connectivity index (χ2v) is 6.43. The van der Waals surface area contributed by atoms with Crippen LogP contribution in [0, 0.1) is 0 Å². The second-order valence-electron chi connectivity index (χ2n) is 6.43. The zero-order valence-corrected chi connectivity index (χ0v) is 14.7. The van der Waals surface area contributed by atoms with Crippen LogP contribution in [0.3, 0.4) is 0 Å². The molecule has 0 saturated heterocycles. The number of hydrogen-bond acceptors (Lipinski definition) is 5. The number of amides is 1. The molecule has 2 aromatic heterocycles. The van der Waals surface area contributed by atoms with Gasteiger partial charge in [-0.3, -0.25) is 4.79 Å². The fraction of sp³-hybridized carbons (Fsp3) is 0.316. The fourth-order valence-electron chi connectivity index (χ4n) is 3.02. The van der Waals surface area contributed by atoms with E-state index in [1.54, 1.807) is 23.0 Å². The minimum absolute atomic E-state index is 0.161. The maximum absolute atomic E-state index is 12.4. The Hall–Kier alpha value is -2.93. The molecule has 1 aromatic carbocycles. The van der Waals surface area contributed by atoms with Gasteiger partial charge in [0.05, 0.1) is 6.20 Å². The Morgan fingerprint density at radius 1 is 1.23 bits per heavy atom. The van der Waals surface area contributed by atoms with E-state index in [4.69, 9.17) is 4.74 Å². The molecule has 0 fully saturated rings. The number of carbonyl (C=O) groups excluding carboxylic acids is 1. The molecule has 0 radical (unpaired) electrons. The van der Waals surface area contributed by atoms with Crippen molar-refractivity contribution in [3.8, 4) is 16.9 Å². The van der Waals surface area contributed by atoms with Crippen LogP contribution in [0.15, 0.2) is 42.7 Å². The molecule has 134 valence electrons. The van der Waals surface area contributed by atoms with Crippen molar-refractivity contribution < 1.29 is 9.53 Å². The van der Waals surface area contributed by atoms with Crippen molar-refractivity contribution in [2.24, 2.45) is 0 Å². The predicted molar refractivity (Wildman–Crippen MR) is 98.4 cm³/mol. The summed E-state index contributed by atoms with van der Waals surface area (Å²) < 4.78 is 7.58. The van der Waals surface area contributed by atoms with E-state index in [9.17, 15) is 4.79 Å². The van der Waals surface area contributed by atoms with Crippen LogP contribution in [0.1, 0.15) is 16.9 Å². The maximum Gasteiger partial charge on any atom is 0.270 e. The smallest absolute Gasteiger partial charge is 0.270 e. The zero-order valence-electron chi connectivity index (χ0n) is 14.7. The lowest BCUT2D eigenvalue weighted by molar-refractivity contribution is 0.0947. The molecule has 1 aliphatic heterocycles. The van der Waals surface area contributed by atoms with Crippen molar-refractivity contribution in [1.29, 1.82) is 0 Å². The number of aromatic nitrogens is 3. The molecule has 7 heteroatoms. The fourth-order valence-corrected chi connectivity index (χ4v) is 3.02. The quantitative estimate of drug-likeness (QED) is 0.669. The largest absolute Gasteiger partial charge is 0.492 e. The molecule has 3 heterocycles. The Balaban J connectivity index is 1.76. The molecule has 1 amide bonds. The van der Waals surface area contributed by atoms with Gasteiger partial charge >= 0.3 is 0 Å². The third kappa shape index (κ3) is 3.39. The summed E-state index contributed by atoms with van der Waals surface area (Å²) >= 11 is 0. The Bertz CT molecular complexity index is 937. The summed E-state index contributed by atoms with van der Waals surface area (Å²) in [7, 11) is 2.05. The average molecular weight is 351 g/mol. The molecule has 4 bridgehead atoms. The van der Waals surface area contributed by atoms with Crippen molar-refractivity contribution in [3.63, 3.8) is 0 Å². The number of hydrogen-bond donors (Lipinski definition) is 1. The summed E-state index contributed by atoms with van der Waals surface area (Å²) in [6, 6.07) is 9.57. The average Bonchev–Trinajstić information content (AvgIpc) is 3.08. The van der Waals surface area contributed by atoms with E-state index in [-0.39, 0.29) is 5.91 Å². The van der Waals surface area contributed by atoms with Crippen molar-refractivity contribution in [3.05, 3.63) is 48.4 Å². The Labute approximate surface area is 151 Å². The van der Waals surface area contributed by atoms with Crippen LogP contribution in [0.4, 0.5) is 0 Å². The molecule has 0 saturated carbocycles. The number of nitrogens with one attached hydrogen (secondary N) is 1. The summed E-state index contributed by atoms with van der Waals surface area (Å²) in [6.07, 6.45) is 4.40. The Morgan fingerprint density at radius 2 is 2.15 bits per heavy atom. The third-order valence-corrected chi connectivity index (χ3v) is 4.49. The van der Waals surface area contributed by atoms with Crippen LogP contribution in [-0.2, 0) is 0 Å². The highest BCUT2D eigenvalue weighted by Gasteiger charge is 2.14. The molecular weight excluding hydrogens is 330 g/mol. The minimum atomic E-state index is -0.161. The monoisotopic (exact) mass is 351 g/mol. The van der Waals surface area contributed by atoms with E-state index in [2.05, 4.69) is 27.3 Å². The first-order chi connectivity index (χ1) is 12.7. The summed E-state index contributed by atoms with van der Waals surface area (Å²) in [6.45, 7) is 2.95. The van der Waals surface area contributed by atoms with E-state index in [1.807, 2.05) is 24.3 Å². The summed E-state index contributed by atoms with van der Waals surface area (Å²) in [5, 5.41) is 7.28. The highest BCUT2D eigenvalue weighted by molar-refractivity contribution is 5.93. The molecule has 0 spiro atoms. The third-order valence-electron chi connectivity index (χ3n) is 4.49. The van der Waals surface area contributed by atoms with Gasteiger partial charge in [-0.25, -0.2) is 9.50 Å². The lowest BCUT2D eigenvalue weighted by atomic mass is 10.1. The maximum atomic E-state index is 12.4. The topological polar surface area (TPSA) is 71.8 Å². The first kappa shape index (κ1) is 16.5. The number of fused-ring (bicyclic) bond motifs is 4. The molecule has 1 aliphatic rings. The molecule has 0 atom stereocenters. The molecular formula is C19H21N5O2. The van der Waals surface area contributed by atoms with Crippen LogP contribution >= 0.6 is 0 Å². The predicted octanol–water partition coefficient (Wildman–Crippen LogP) is 1.84. The van der Waals surface area contributed by atoms with Crippen molar-refractivity contribution >= 4 is 11.6 Å². The Kier molecular flexibility index (Phi) is 4.53. The Morgan fingerprint density at radius 3 is 3.08 bits per heavy atom. The van der Waals surface area contributed by atoms with Crippen molar-refractivity contribution in [2.45, 2.75) is 6.42 Å². The van der Waals surface area contributed by atoms with E-state index in [0.29, 0.717) is 24.5 Å². The van der Waals surface area contributed by atoms with Gasteiger partial charge in [-0.05, 0) is 43.8 Å². The molecule has 4 rings (SSSR count). The van der Waals surface area contributed by atoms with Gasteiger partial charge in [0.1, 0.15) is 18.1 Å². The molecule has 3 aromatic rings. The van der Waals surface area contributed by atoms with E-state index in [0.717, 1.165) is 36.4 Å². The standard InChI is InChI=1S/C19H21N5O2/c1-23-8-3-7-20-19(25)17-6-9-24-18(22-17)16(13-21-24)14-4-2-5-15(12-14)26-11-10-23/h2,4-6,9,12-13H,3,7-8,10-11H2,1H3,(H,20,25). The number of ether oxygens (including phenoxy) is 1. The SMILES string of the molecule is CN1CCCNC(=O)c2ccn3ncc(c3n2)-c2cccc(c2)OCC1. The number of carbonyl (C=O) groups is 1. The van der Waals surface area contributed by atoms with Gasteiger partial charge in [-0.1, -0.05) is 12.1 Å². The van der Waals surface area contributed by atoms with Crippen LogP contribution in [0.2, 0.25) is 0 Å². The van der Waals surface area contributed by atoms with Crippen LogP contribution < -0.4 is 10.1 Å². The first-order valence-electron chi connectivity index (χ1n) is 8.75. The van der Waals surface area contributed by atoms with E-state index in [1.165, 1.54) is 0 Å². The van der Waals surface area contributed by atoms with Crippen LogP contribution in [0.5, 0.6) is 5.75 Å². The van der Waals surface area contributed by atoms with Crippen LogP contribution in [-0.4, -0.2) is 58.7 Å². The lowest BCUT2D eigenvalue weighted by Gasteiger charge is -2.17. The summed E-state index contributed by atoms with van der Waals surface area (Å²) in [5.41, 5.74) is 2.88. The molecule has 7 nitrogen and oxygen atoms in total. The highest BCUT2D eigenvalue weighted by atomic mass is 16.5. The first-order valence-corrected chi connectivity index (χ1v) is 8.75. The van der Waals surface area contributed by atoms with Gasteiger partial charge in [-0.15, -0.1) is 0 Å². The van der Waals surface area contributed by atoms with Crippen molar-refractivity contribution in [2.75, 3.05) is 33.3 Å². The van der Waals surface area contributed by atoms with Gasteiger partial charge in [-0.2, -0.15) is 5.10 Å². The van der Waals surface area contributed by atoms with Gasteiger partial charge in [0, 0.05) is 24.8 Å². The van der Waals surface area contributed by atoms with Gasteiger partial charge < -0.3 is 15.0 Å². The van der Waals surface area contributed by atoms with Crippen LogP contribution in [0.25, 0.3) is 16.8 Å². The number of benzene rings is 1. The van der Waals surface area contributed by atoms with E-state index < -0.39 is 0 Å². The normalized spacial score (nSPS) is 16.4. The van der Waals surface area contributed by atoms with Gasteiger partial charge in [0.2, 0.25) is 0 Å². The second kappa shape index (κ2) is 7.13. The van der Waals surface area contributed by atoms with Gasteiger partial charge in [0.25, 0.3) is 5.91 Å². The van der Waals surface area contributed by atoms with Gasteiger partial charge in [0.15, 0.2) is 5.65 Å². The van der Waals surface area contributed by atoms with E-state index >= 15 is 0 Å². The minimum Gasteiger partial charge on any atom is -0.492 e. The molecule has 0 unspecified atom stereocenters. The number of likely N-dealkylation sites (N-methyl/N-ethyl adjacent to an activating group) is 1. The zero-order chi connectivity index (χ0) is 17.9. The molecule has 26 heavy (non-hydrogen) atoms. The number of nitrogens with zero attached hydrogens (tertiary/aromatic N) is 4. The molecule has 1 N–H and O–H groups in total. The molecule has 0 aliphatic carbocycles. The number of rotatable bonds is 0.